The fraction of sp³-hybridized carbons (Fsp3) is 0.600. The zero-order chi connectivity index (χ0) is 17.7. The maximum Gasteiger partial charge on any atom is 0.313 e. The van der Waals surface area contributed by atoms with Crippen molar-refractivity contribution in [1.82, 2.24) is 5.32 Å². The van der Waals surface area contributed by atoms with Crippen LogP contribution in [0.5, 0.6) is 0 Å². The molecule has 1 aromatic carbocycles. The number of carbonyl (C=O) groups is 2. The molecule has 0 aromatic heterocycles. The molecule has 1 aliphatic rings. The molecule has 1 fully saturated rings. The number of hydrogen-bond acceptors (Lipinski definition) is 2. The van der Waals surface area contributed by atoms with Crippen LogP contribution in [0.2, 0.25) is 0 Å². The summed E-state index contributed by atoms with van der Waals surface area (Å²) in [6.07, 6.45) is 4.93. The van der Waals surface area contributed by atoms with Crippen LogP contribution >= 0.6 is 0 Å². The summed E-state index contributed by atoms with van der Waals surface area (Å²) in [4.78, 5) is 24.3. The molecule has 132 valence electrons. The van der Waals surface area contributed by atoms with Gasteiger partial charge in [0, 0.05) is 11.7 Å². The van der Waals surface area contributed by atoms with Crippen molar-refractivity contribution in [1.29, 1.82) is 0 Å². The van der Waals surface area contributed by atoms with Crippen LogP contribution in [-0.2, 0) is 16.0 Å². The van der Waals surface area contributed by atoms with Crippen molar-refractivity contribution in [2.24, 2.45) is 11.3 Å². The zero-order valence-electron chi connectivity index (χ0n) is 15.3. The average Bonchev–Trinajstić information content (AvgIpc) is 2.55. The Kier molecular flexibility index (Phi) is 6.03. The molecular formula is C20H30N2O2. The smallest absolute Gasteiger partial charge is 0.313 e. The number of aryl methyl sites for hydroxylation is 1. The topological polar surface area (TPSA) is 58.2 Å². The van der Waals surface area contributed by atoms with Crippen LogP contribution in [0.3, 0.4) is 0 Å². The maximum atomic E-state index is 12.2. The van der Waals surface area contributed by atoms with Gasteiger partial charge in [0.25, 0.3) is 0 Å². The van der Waals surface area contributed by atoms with Crippen LogP contribution in [-0.4, -0.2) is 17.9 Å². The summed E-state index contributed by atoms with van der Waals surface area (Å²) in [5, 5.41) is 5.63. The van der Waals surface area contributed by atoms with Gasteiger partial charge in [-0.2, -0.15) is 0 Å². The minimum atomic E-state index is -0.575. The molecule has 2 amide bonds. The molecule has 4 nitrogen and oxygen atoms in total. The van der Waals surface area contributed by atoms with Crippen LogP contribution in [0.1, 0.15) is 58.9 Å². The summed E-state index contributed by atoms with van der Waals surface area (Å²) in [6.45, 7) is 8.85. The molecule has 0 unspecified atom stereocenters. The number of nitrogens with one attached hydrogen (secondary N) is 2. The largest absolute Gasteiger partial charge is 0.345 e. The molecule has 1 aliphatic carbocycles. The molecule has 0 spiro atoms. The third kappa shape index (κ3) is 4.83. The first-order valence-electron chi connectivity index (χ1n) is 9.01. The lowest BCUT2D eigenvalue weighted by Crippen LogP contribution is -2.44. The van der Waals surface area contributed by atoms with Crippen molar-refractivity contribution in [2.75, 3.05) is 5.32 Å². The second-order valence-electron chi connectivity index (χ2n) is 7.85. The summed E-state index contributed by atoms with van der Waals surface area (Å²) >= 11 is 0. The molecule has 0 heterocycles. The monoisotopic (exact) mass is 330 g/mol. The van der Waals surface area contributed by atoms with Gasteiger partial charge in [-0.25, -0.2) is 0 Å². The van der Waals surface area contributed by atoms with Gasteiger partial charge in [-0.05, 0) is 55.1 Å². The zero-order valence-corrected chi connectivity index (χ0v) is 15.3. The van der Waals surface area contributed by atoms with E-state index in [1.165, 1.54) is 0 Å². The van der Waals surface area contributed by atoms with E-state index in [1.54, 1.807) is 0 Å². The number of rotatable bonds is 3. The van der Waals surface area contributed by atoms with Crippen LogP contribution in [0.15, 0.2) is 24.3 Å². The van der Waals surface area contributed by atoms with Gasteiger partial charge in [0.1, 0.15) is 0 Å². The molecule has 1 aromatic rings. The second kappa shape index (κ2) is 7.82. The van der Waals surface area contributed by atoms with E-state index in [0.29, 0.717) is 11.3 Å². The number of carbonyl (C=O) groups excluding carboxylic acids is 2. The third-order valence-corrected chi connectivity index (χ3v) is 5.14. The van der Waals surface area contributed by atoms with E-state index in [2.05, 4.69) is 31.4 Å². The van der Waals surface area contributed by atoms with Gasteiger partial charge >= 0.3 is 11.8 Å². The summed E-state index contributed by atoms with van der Waals surface area (Å²) in [5.41, 5.74) is 2.07. The van der Waals surface area contributed by atoms with Crippen LogP contribution in [0.4, 0.5) is 5.69 Å². The number of hydrogen-bond donors (Lipinski definition) is 2. The van der Waals surface area contributed by atoms with Crippen molar-refractivity contribution >= 4 is 17.5 Å². The Hall–Kier alpha value is -1.84. The van der Waals surface area contributed by atoms with E-state index in [0.717, 1.165) is 43.4 Å². The molecule has 2 N–H and O–H groups in total. The normalized spacial score (nSPS) is 21.2. The van der Waals surface area contributed by atoms with E-state index in [-0.39, 0.29) is 6.04 Å². The predicted molar refractivity (Wildman–Crippen MR) is 97.8 cm³/mol. The highest BCUT2D eigenvalue weighted by atomic mass is 16.2. The lowest BCUT2D eigenvalue weighted by atomic mass is 9.71. The molecule has 24 heavy (non-hydrogen) atoms. The highest BCUT2D eigenvalue weighted by Crippen LogP contribution is 2.37. The van der Waals surface area contributed by atoms with Crippen molar-refractivity contribution in [3.8, 4) is 0 Å². The van der Waals surface area contributed by atoms with Crippen molar-refractivity contribution in [3.05, 3.63) is 29.8 Å². The average molecular weight is 330 g/mol. The Labute approximate surface area is 145 Å². The van der Waals surface area contributed by atoms with Crippen LogP contribution in [0.25, 0.3) is 0 Å². The predicted octanol–water partition coefficient (Wildman–Crippen LogP) is 3.91. The van der Waals surface area contributed by atoms with E-state index < -0.39 is 11.8 Å². The lowest BCUT2D eigenvalue weighted by Gasteiger charge is -2.37. The minimum Gasteiger partial charge on any atom is -0.345 e. The van der Waals surface area contributed by atoms with Gasteiger partial charge in [0.15, 0.2) is 0 Å². The first-order chi connectivity index (χ1) is 11.3. The standard InChI is InChI=1S/C20H30N2O2/c1-5-14-8-6-7-9-17(14)22-19(24)18(23)21-16-12-10-15(11-13-16)20(2,3)4/h6-9,15-16H,5,10-13H2,1-4H3,(H,21,23)(H,22,24). The second-order valence-corrected chi connectivity index (χ2v) is 7.85. The molecule has 0 aliphatic heterocycles. The lowest BCUT2D eigenvalue weighted by molar-refractivity contribution is -0.136. The Balaban J connectivity index is 1.86. The highest BCUT2D eigenvalue weighted by molar-refractivity contribution is 6.39. The summed E-state index contributed by atoms with van der Waals surface area (Å²) in [7, 11) is 0. The third-order valence-electron chi connectivity index (χ3n) is 5.14. The van der Waals surface area contributed by atoms with Crippen LogP contribution in [0, 0.1) is 11.3 Å². The van der Waals surface area contributed by atoms with Gasteiger partial charge < -0.3 is 10.6 Å². The maximum absolute atomic E-state index is 12.2. The summed E-state index contributed by atoms with van der Waals surface area (Å²) in [5.74, 6) is -0.412. The Morgan fingerprint density at radius 1 is 1.04 bits per heavy atom. The molecular weight excluding hydrogens is 300 g/mol. The highest BCUT2D eigenvalue weighted by Gasteiger charge is 2.31. The Bertz CT molecular complexity index is 582. The molecule has 4 heteroatoms. The molecule has 0 saturated heterocycles. The number of para-hydroxylation sites is 1. The molecule has 1 saturated carbocycles. The van der Waals surface area contributed by atoms with E-state index in [1.807, 2.05) is 31.2 Å². The molecule has 0 atom stereocenters. The van der Waals surface area contributed by atoms with E-state index in [4.69, 9.17) is 0 Å². The molecule has 2 rings (SSSR count). The van der Waals surface area contributed by atoms with E-state index >= 15 is 0 Å². The van der Waals surface area contributed by atoms with Gasteiger partial charge in [0.05, 0.1) is 0 Å². The van der Waals surface area contributed by atoms with Gasteiger partial charge in [-0.3, -0.25) is 9.59 Å². The fourth-order valence-corrected chi connectivity index (χ4v) is 3.48. The quantitative estimate of drug-likeness (QED) is 0.826. The molecule has 0 radical (unpaired) electrons. The van der Waals surface area contributed by atoms with Crippen LogP contribution < -0.4 is 10.6 Å². The molecule has 0 bridgehead atoms. The number of anilines is 1. The number of amides is 2. The van der Waals surface area contributed by atoms with Crippen molar-refractivity contribution in [2.45, 2.75) is 65.8 Å². The van der Waals surface area contributed by atoms with Crippen molar-refractivity contribution < 1.29 is 9.59 Å². The van der Waals surface area contributed by atoms with Crippen molar-refractivity contribution in [3.63, 3.8) is 0 Å². The Morgan fingerprint density at radius 2 is 1.67 bits per heavy atom. The van der Waals surface area contributed by atoms with Gasteiger partial charge in [-0.15, -0.1) is 0 Å². The SMILES string of the molecule is CCc1ccccc1NC(=O)C(=O)NC1CCC(C(C)(C)C)CC1. The number of benzene rings is 1. The first kappa shape index (κ1) is 18.5. The Morgan fingerprint density at radius 3 is 2.25 bits per heavy atom. The summed E-state index contributed by atoms with van der Waals surface area (Å²) < 4.78 is 0. The fourth-order valence-electron chi connectivity index (χ4n) is 3.48. The van der Waals surface area contributed by atoms with Gasteiger partial charge in [-0.1, -0.05) is 45.9 Å². The van der Waals surface area contributed by atoms with E-state index in [9.17, 15) is 9.59 Å². The minimum absolute atomic E-state index is 0.114. The first-order valence-corrected chi connectivity index (χ1v) is 9.01. The summed E-state index contributed by atoms with van der Waals surface area (Å²) in [6, 6.07) is 7.70. The van der Waals surface area contributed by atoms with Gasteiger partial charge in [0.2, 0.25) is 0 Å².